The standard InChI is InChI=1S/2C17H18N2O3/c1-11(2)17(16(20)21-3)10-14(19-22-17)15-13-7-5-4-6-12(13)8-9-18-15;1-10(2)17(16(20)21)11(3)14(19-22-17)15-13-7-5-4-6-12(13)8-9-18-15/h4-9,11H,10H2,1-3H3;4-11H,1-3H3,(H,20,21). The minimum absolute atomic E-state index is 0.0591. The Morgan fingerprint density at radius 3 is 1.93 bits per heavy atom. The van der Waals surface area contributed by atoms with E-state index >= 15 is 0 Å². The average Bonchev–Trinajstić information content (AvgIpc) is 3.64. The molecule has 2 aliphatic heterocycles. The number of fused-ring (bicyclic) bond motifs is 2. The highest BCUT2D eigenvalue weighted by Crippen LogP contribution is 2.39. The maximum atomic E-state index is 12.2. The summed E-state index contributed by atoms with van der Waals surface area (Å²) in [6.45, 7) is 9.35. The largest absolute Gasteiger partial charge is 0.478 e. The first-order valence-electron chi connectivity index (χ1n) is 14.6. The number of aromatic nitrogens is 2. The van der Waals surface area contributed by atoms with Crippen LogP contribution in [0.4, 0.5) is 0 Å². The van der Waals surface area contributed by atoms with Gasteiger partial charge in [-0.25, -0.2) is 9.59 Å². The summed E-state index contributed by atoms with van der Waals surface area (Å²) in [5, 5.41) is 22.0. The van der Waals surface area contributed by atoms with Crippen LogP contribution in [0.1, 0.15) is 52.4 Å². The lowest BCUT2D eigenvalue weighted by Gasteiger charge is -2.30. The van der Waals surface area contributed by atoms with Crippen LogP contribution in [0.5, 0.6) is 0 Å². The van der Waals surface area contributed by atoms with Gasteiger partial charge in [-0.05, 0) is 22.9 Å². The molecule has 0 amide bonds. The van der Waals surface area contributed by atoms with Gasteiger partial charge in [0.1, 0.15) is 11.4 Å². The number of rotatable bonds is 6. The highest BCUT2D eigenvalue weighted by molar-refractivity contribution is 6.13. The summed E-state index contributed by atoms with van der Waals surface area (Å²) < 4.78 is 4.91. The lowest BCUT2D eigenvalue weighted by Crippen LogP contribution is -2.50. The Kier molecular flexibility index (Phi) is 8.36. The van der Waals surface area contributed by atoms with Gasteiger partial charge >= 0.3 is 11.9 Å². The van der Waals surface area contributed by atoms with Crippen LogP contribution in [0.2, 0.25) is 0 Å². The van der Waals surface area contributed by atoms with E-state index in [1.165, 1.54) is 7.11 Å². The molecule has 44 heavy (non-hydrogen) atoms. The highest BCUT2D eigenvalue weighted by Gasteiger charge is 2.56. The number of pyridine rings is 2. The summed E-state index contributed by atoms with van der Waals surface area (Å²) in [5.74, 6) is -2.05. The second-order valence-electron chi connectivity index (χ2n) is 11.6. The van der Waals surface area contributed by atoms with E-state index in [0.29, 0.717) is 23.5 Å². The SMILES string of the molecule is CC(C)C1(C(=O)O)ON=C(c2nccc3ccccc23)C1C.COC(=O)C1(C(C)C)CC(c2nccc3ccccc23)=NO1. The molecule has 3 unspecified atom stereocenters. The molecule has 4 aromatic rings. The van der Waals surface area contributed by atoms with E-state index in [-0.39, 0.29) is 17.8 Å². The number of hydrogen-bond acceptors (Lipinski definition) is 9. The Labute approximate surface area is 255 Å². The molecule has 0 fully saturated rings. The van der Waals surface area contributed by atoms with E-state index in [1.54, 1.807) is 12.4 Å². The third-order valence-corrected chi connectivity index (χ3v) is 8.62. The third kappa shape index (κ3) is 5.04. The second kappa shape index (κ2) is 12.0. The molecule has 0 radical (unpaired) electrons. The number of carbonyl (C=O) groups is 2. The van der Waals surface area contributed by atoms with Crippen LogP contribution in [0.25, 0.3) is 21.5 Å². The van der Waals surface area contributed by atoms with Crippen molar-refractivity contribution in [1.29, 1.82) is 0 Å². The first kappa shape index (κ1) is 30.6. The van der Waals surface area contributed by atoms with Crippen LogP contribution in [0.3, 0.4) is 0 Å². The summed E-state index contributed by atoms with van der Waals surface area (Å²) in [4.78, 5) is 43.8. The van der Waals surface area contributed by atoms with Gasteiger partial charge < -0.3 is 19.5 Å². The number of oxime groups is 2. The van der Waals surface area contributed by atoms with Gasteiger partial charge in [0.2, 0.25) is 11.2 Å². The van der Waals surface area contributed by atoms with Gasteiger partial charge in [-0.15, -0.1) is 0 Å². The molecule has 6 rings (SSSR count). The molecule has 0 saturated heterocycles. The van der Waals surface area contributed by atoms with E-state index in [0.717, 1.165) is 27.2 Å². The van der Waals surface area contributed by atoms with Crippen molar-refractivity contribution in [3.63, 3.8) is 0 Å². The van der Waals surface area contributed by atoms with E-state index in [1.807, 2.05) is 95.3 Å². The van der Waals surface area contributed by atoms with Gasteiger partial charge in [0.15, 0.2) is 0 Å². The zero-order chi connectivity index (χ0) is 31.6. The predicted octanol–water partition coefficient (Wildman–Crippen LogP) is 6.01. The first-order chi connectivity index (χ1) is 21.1. The fraction of sp³-hybridized carbons (Fsp3) is 0.353. The Balaban J connectivity index is 0.000000175. The van der Waals surface area contributed by atoms with Crippen molar-refractivity contribution >= 4 is 44.9 Å². The fourth-order valence-corrected chi connectivity index (χ4v) is 5.89. The van der Waals surface area contributed by atoms with Crippen LogP contribution in [0.15, 0.2) is 83.4 Å². The van der Waals surface area contributed by atoms with Gasteiger partial charge in [0.05, 0.1) is 24.4 Å². The third-order valence-electron chi connectivity index (χ3n) is 8.62. The zero-order valence-corrected chi connectivity index (χ0v) is 25.6. The molecule has 10 nitrogen and oxygen atoms in total. The number of carboxylic acids is 1. The quantitative estimate of drug-likeness (QED) is 0.268. The first-order valence-corrected chi connectivity index (χ1v) is 14.6. The number of esters is 1. The lowest BCUT2D eigenvalue weighted by molar-refractivity contribution is -0.173. The molecule has 2 aliphatic rings. The number of ether oxygens (including phenoxy) is 1. The molecule has 0 aliphatic carbocycles. The van der Waals surface area contributed by atoms with Gasteiger partial charge in [-0.1, -0.05) is 93.5 Å². The van der Waals surface area contributed by atoms with Gasteiger partial charge in [-0.3, -0.25) is 9.97 Å². The predicted molar refractivity (Wildman–Crippen MR) is 167 cm³/mol. The number of nitrogens with zero attached hydrogens (tertiary/aromatic N) is 4. The minimum atomic E-state index is -1.34. The number of aliphatic carboxylic acids is 1. The zero-order valence-electron chi connectivity index (χ0n) is 25.6. The molecule has 3 atom stereocenters. The number of carboxylic acid groups (broad SMARTS) is 1. The van der Waals surface area contributed by atoms with Crippen molar-refractivity contribution in [3.05, 3.63) is 84.4 Å². The Bertz CT molecular complexity index is 1770. The summed E-state index contributed by atoms with van der Waals surface area (Å²) in [7, 11) is 1.37. The molecule has 4 heterocycles. The second-order valence-corrected chi connectivity index (χ2v) is 11.6. The topological polar surface area (TPSA) is 133 Å². The summed E-state index contributed by atoms with van der Waals surface area (Å²) >= 11 is 0. The van der Waals surface area contributed by atoms with E-state index in [9.17, 15) is 14.7 Å². The van der Waals surface area contributed by atoms with Gasteiger partial charge in [0.25, 0.3) is 0 Å². The van der Waals surface area contributed by atoms with Crippen LogP contribution < -0.4 is 0 Å². The van der Waals surface area contributed by atoms with Crippen molar-refractivity contribution in [3.8, 4) is 0 Å². The van der Waals surface area contributed by atoms with Crippen LogP contribution in [-0.2, 0) is 24.0 Å². The van der Waals surface area contributed by atoms with Gasteiger partial charge in [0, 0.05) is 41.4 Å². The van der Waals surface area contributed by atoms with E-state index in [4.69, 9.17) is 14.4 Å². The summed E-state index contributed by atoms with van der Waals surface area (Å²) in [6, 6.07) is 19.7. The number of methoxy groups -OCH3 is 1. The number of carbonyl (C=O) groups excluding carboxylic acids is 1. The average molecular weight is 597 g/mol. The Morgan fingerprint density at radius 1 is 0.841 bits per heavy atom. The molecule has 0 saturated carbocycles. The Hall–Kier alpha value is -4.86. The van der Waals surface area contributed by atoms with Crippen molar-refractivity contribution in [2.75, 3.05) is 7.11 Å². The van der Waals surface area contributed by atoms with E-state index in [2.05, 4.69) is 20.3 Å². The normalized spacial score (nSPS) is 22.6. The van der Waals surface area contributed by atoms with Crippen molar-refractivity contribution in [1.82, 2.24) is 9.97 Å². The van der Waals surface area contributed by atoms with E-state index < -0.39 is 23.1 Å². The van der Waals surface area contributed by atoms with Crippen molar-refractivity contribution in [2.24, 2.45) is 28.1 Å². The molecule has 0 bridgehead atoms. The molecule has 228 valence electrons. The minimum Gasteiger partial charge on any atom is -0.478 e. The smallest absolute Gasteiger partial charge is 0.353 e. The molecule has 10 heteroatoms. The molecule has 0 spiro atoms. The molecule has 2 aromatic heterocycles. The fourth-order valence-electron chi connectivity index (χ4n) is 5.89. The number of benzene rings is 2. The summed E-state index contributed by atoms with van der Waals surface area (Å²) in [6.07, 6.45) is 3.81. The Morgan fingerprint density at radius 2 is 1.41 bits per heavy atom. The highest BCUT2D eigenvalue weighted by atomic mass is 16.7. The van der Waals surface area contributed by atoms with Crippen molar-refractivity contribution in [2.45, 2.75) is 52.2 Å². The monoisotopic (exact) mass is 596 g/mol. The summed E-state index contributed by atoms with van der Waals surface area (Å²) in [5.41, 5.74) is 0.305. The van der Waals surface area contributed by atoms with Crippen LogP contribution in [-0.4, -0.2) is 56.7 Å². The lowest BCUT2D eigenvalue weighted by atomic mass is 9.76. The molecule has 2 aromatic carbocycles. The maximum absolute atomic E-state index is 12.2. The van der Waals surface area contributed by atoms with Gasteiger partial charge in [-0.2, -0.15) is 0 Å². The molecular formula is C34H36N4O6. The van der Waals surface area contributed by atoms with Crippen LogP contribution >= 0.6 is 0 Å². The maximum Gasteiger partial charge on any atom is 0.353 e. The number of hydrogen-bond donors (Lipinski definition) is 1. The molecular weight excluding hydrogens is 560 g/mol. The van der Waals surface area contributed by atoms with Crippen molar-refractivity contribution < 1.29 is 29.1 Å². The molecule has 1 N–H and O–H groups in total. The van der Waals surface area contributed by atoms with Crippen LogP contribution in [0, 0.1) is 17.8 Å².